The van der Waals surface area contributed by atoms with Gasteiger partial charge >= 0.3 is 0 Å². The molecule has 1 aromatic rings. The van der Waals surface area contributed by atoms with Crippen molar-refractivity contribution in [2.75, 3.05) is 6.54 Å². The number of primary amides is 1. The number of likely N-dealkylation sites (N-methyl/N-ethyl adjacent to an activating group) is 1. The molecule has 0 fully saturated rings. The zero-order valence-corrected chi connectivity index (χ0v) is 10.9. The molecule has 1 amide bonds. The van der Waals surface area contributed by atoms with Gasteiger partial charge < -0.3 is 11.1 Å². The monoisotopic (exact) mass is 238 g/mol. The molecule has 0 aliphatic carbocycles. The van der Waals surface area contributed by atoms with E-state index in [2.05, 4.69) is 10.4 Å². The van der Waals surface area contributed by atoms with Crippen molar-refractivity contribution in [2.24, 2.45) is 5.73 Å². The van der Waals surface area contributed by atoms with Crippen molar-refractivity contribution in [1.29, 1.82) is 0 Å². The van der Waals surface area contributed by atoms with Crippen LogP contribution in [0.2, 0.25) is 0 Å². The number of carbonyl (C=O) groups is 1. The molecule has 5 heteroatoms. The molecule has 3 N–H and O–H groups in total. The third kappa shape index (κ3) is 3.85. The molecule has 0 saturated carbocycles. The lowest BCUT2D eigenvalue weighted by atomic mass is 9.95. The fourth-order valence-corrected chi connectivity index (χ4v) is 1.87. The Hall–Kier alpha value is -1.36. The Kier molecular flexibility index (Phi) is 4.69. The van der Waals surface area contributed by atoms with E-state index in [4.69, 9.17) is 5.73 Å². The highest BCUT2D eigenvalue weighted by molar-refractivity contribution is 5.84. The number of rotatable bonds is 7. The minimum atomic E-state index is -0.614. The Bertz CT molecular complexity index is 374. The van der Waals surface area contributed by atoms with Crippen LogP contribution in [0.25, 0.3) is 0 Å². The first-order chi connectivity index (χ1) is 7.98. The lowest BCUT2D eigenvalue weighted by Crippen LogP contribution is -2.53. The first kappa shape index (κ1) is 13.7. The molecule has 1 aromatic heterocycles. The minimum Gasteiger partial charge on any atom is -0.368 e. The van der Waals surface area contributed by atoms with Gasteiger partial charge in [0.2, 0.25) is 5.91 Å². The predicted molar refractivity (Wildman–Crippen MR) is 67.5 cm³/mol. The summed E-state index contributed by atoms with van der Waals surface area (Å²) in [6.07, 6.45) is 3.53. The van der Waals surface area contributed by atoms with Crippen LogP contribution in [0.5, 0.6) is 0 Å². The van der Waals surface area contributed by atoms with Gasteiger partial charge in [-0.2, -0.15) is 5.10 Å². The Labute approximate surface area is 102 Å². The van der Waals surface area contributed by atoms with Crippen LogP contribution >= 0.6 is 0 Å². The predicted octanol–water partition coefficient (Wildman–Crippen LogP) is 0.825. The van der Waals surface area contributed by atoms with Crippen LogP contribution in [0.15, 0.2) is 12.3 Å². The average Bonchev–Trinajstić information content (AvgIpc) is 2.64. The van der Waals surface area contributed by atoms with E-state index in [1.54, 1.807) is 0 Å². The number of nitrogens with two attached hydrogens (primary N) is 1. The van der Waals surface area contributed by atoms with Crippen molar-refractivity contribution in [3.63, 3.8) is 0 Å². The number of nitrogens with zero attached hydrogens (tertiary/aromatic N) is 2. The highest BCUT2D eigenvalue weighted by Gasteiger charge is 2.28. The number of aromatic nitrogens is 2. The van der Waals surface area contributed by atoms with Gasteiger partial charge in [-0.3, -0.25) is 9.48 Å². The van der Waals surface area contributed by atoms with Crippen LogP contribution in [-0.2, 0) is 11.3 Å². The van der Waals surface area contributed by atoms with Gasteiger partial charge in [0, 0.05) is 12.7 Å². The second kappa shape index (κ2) is 5.82. The molecule has 17 heavy (non-hydrogen) atoms. The van der Waals surface area contributed by atoms with Crippen LogP contribution in [0.1, 0.15) is 32.4 Å². The van der Waals surface area contributed by atoms with Crippen molar-refractivity contribution < 1.29 is 4.79 Å². The molecule has 0 aliphatic rings. The van der Waals surface area contributed by atoms with E-state index in [0.717, 1.165) is 31.6 Å². The SMILES string of the molecule is CCNC(C)(CCCn1ccc(C)n1)C(N)=O. The highest BCUT2D eigenvalue weighted by Crippen LogP contribution is 2.12. The van der Waals surface area contributed by atoms with Gasteiger partial charge in [0.05, 0.1) is 11.2 Å². The summed E-state index contributed by atoms with van der Waals surface area (Å²) in [5.41, 5.74) is 5.81. The lowest BCUT2D eigenvalue weighted by molar-refractivity contribution is -0.124. The molecular formula is C12H22N4O. The molecule has 1 rings (SSSR count). The number of nitrogens with one attached hydrogen (secondary N) is 1. The summed E-state index contributed by atoms with van der Waals surface area (Å²) < 4.78 is 1.89. The molecule has 0 spiro atoms. The standard InChI is InChI=1S/C12H22N4O/c1-4-14-12(3,11(13)17)7-5-8-16-9-6-10(2)15-16/h6,9,14H,4-5,7-8H2,1-3H3,(H2,13,17). The van der Waals surface area contributed by atoms with Crippen LogP contribution < -0.4 is 11.1 Å². The summed E-state index contributed by atoms with van der Waals surface area (Å²) in [6.45, 7) is 7.33. The summed E-state index contributed by atoms with van der Waals surface area (Å²) in [5, 5.41) is 7.45. The molecule has 1 atom stereocenters. The van der Waals surface area contributed by atoms with Gasteiger partial charge in [-0.15, -0.1) is 0 Å². The summed E-state index contributed by atoms with van der Waals surface area (Å²) in [4.78, 5) is 11.4. The molecule has 5 nitrogen and oxygen atoms in total. The maximum Gasteiger partial charge on any atom is 0.237 e. The van der Waals surface area contributed by atoms with E-state index < -0.39 is 5.54 Å². The van der Waals surface area contributed by atoms with E-state index in [-0.39, 0.29) is 5.91 Å². The Morgan fingerprint density at radius 3 is 2.82 bits per heavy atom. The lowest BCUT2D eigenvalue weighted by Gasteiger charge is -2.26. The van der Waals surface area contributed by atoms with E-state index in [1.165, 1.54) is 0 Å². The molecule has 0 saturated heterocycles. The van der Waals surface area contributed by atoms with Crippen LogP contribution in [0.3, 0.4) is 0 Å². The second-order valence-electron chi connectivity index (χ2n) is 4.55. The number of aryl methyl sites for hydroxylation is 2. The van der Waals surface area contributed by atoms with Gasteiger partial charge in [0.1, 0.15) is 0 Å². The van der Waals surface area contributed by atoms with E-state index in [9.17, 15) is 4.79 Å². The van der Waals surface area contributed by atoms with E-state index in [0.29, 0.717) is 0 Å². The van der Waals surface area contributed by atoms with E-state index in [1.807, 2.05) is 37.7 Å². The average molecular weight is 238 g/mol. The van der Waals surface area contributed by atoms with Crippen LogP contribution in [0, 0.1) is 6.92 Å². The van der Waals surface area contributed by atoms with Crippen molar-refractivity contribution in [2.45, 2.75) is 45.7 Å². The van der Waals surface area contributed by atoms with Crippen LogP contribution in [0.4, 0.5) is 0 Å². The molecule has 96 valence electrons. The van der Waals surface area contributed by atoms with Gasteiger partial charge in [-0.25, -0.2) is 0 Å². The maximum atomic E-state index is 11.4. The molecule has 1 heterocycles. The first-order valence-electron chi connectivity index (χ1n) is 6.03. The molecule has 0 aromatic carbocycles. The third-order valence-corrected chi connectivity index (χ3v) is 2.95. The Morgan fingerprint density at radius 1 is 1.65 bits per heavy atom. The molecule has 0 aliphatic heterocycles. The number of carbonyl (C=O) groups excluding carboxylic acids is 1. The molecule has 1 unspecified atom stereocenters. The number of hydrogen-bond acceptors (Lipinski definition) is 3. The van der Waals surface area contributed by atoms with Gasteiger partial charge in [0.25, 0.3) is 0 Å². The Morgan fingerprint density at radius 2 is 2.35 bits per heavy atom. The van der Waals surface area contributed by atoms with Crippen molar-refractivity contribution in [1.82, 2.24) is 15.1 Å². The normalized spacial score (nSPS) is 14.5. The van der Waals surface area contributed by atoms with E-state index >= 15 is 0 Å². The number of hydrogen-bond donors (Lipinski definition) is 2. The van der Waals surface area contributed by atoms with Gasteiger partial charge in [-0.05, 0) is 39.3 Å². The van der Waals surface area contributed by atoms with Crippen molar-refractivity contribution >= 4 is 5.91 Å². The van der Waals surface area contributed by atoms with Gasteiger partial charge in [-0.1, -0.05) is 6.92 Å². The fourth-order valence-electron chi connectivity index (χ4n) is 1.87. The third-order valence-electron chi connectivity index (χ3n) is 2.95. The summed E-state index contributed by atoms with van der Waals surface area (Å²) in [7, 11) is 0. The number of amides is 1. The quantitative estimate of drug-likeness (QED) is 0.739. The van der Waals surface area contributed by atoms with Crippen molar-refractivity contribution in [3.05, 3.63) is 18.0 Å². The highest BCUT2D eigenvalue weighted by atomic mass is 16.1. The smallest absolute Gasteiger partial charge is 0.237 e. The minimum absolute atomic E-state index is 0.295. The maximum absolute atomic E-state index is 11.4. The topological polar surface area (TPSA) is 72.9 Å². The van der Waals surface area contributed by atoms with Crippen molar-refractivity contribution in [3.8, 4) is 0 Å². The molecular weight excluding hydrogens is 216 g/mol. The largest absolute Gasteiger partial charge is 0.368 e. The van der Waals surface area contributed by atoms with Crippen LogP contribution in [-0.4, -0.2) is 27.8 Å². The zero-order valence-electron chi connectivity index (χ0n) is 10.9. The first-order valence-corrected chi connectivity index (χ1v) is 6.03. The van der Waals surface area contributed by atoms with Gasteiger partial charge in [0.15, 0.2) is 0 Å². The second-order valence-corrected chi connectivity index (χ2v) is 4.55. The fraction of sp³-hybridized carbons (Fsp3) is 0.667. The Balaban J connectivity index is 2.45. The summed E-state index contributed by atoms with van der Waals surface area (Å²) in [5.74, 6) is -0.295. The zero-order chi connectivity index (χ0) is 12.9. The molecule has 0 radical (unpaired) electrons. The molecule has 0 bridgehead atoms. The summed E-state index contributed by atoms with van der Waals surface area (Å²) in [6, 6.07) is 1.97. The summed E-state index contributed by atoms with van der Waals surface area (Å²) >= 11 is 0.